The third-order valence-corrected chi connectivity index (χ3v) is 2.19. The maximum absolute atomic E-state index is 11.5. The maximum Gasteiger partial charge on any atom is 0.331 e. The first-order valence-corrected chi connectivity index (χ1v) is 5.16. The minimum absolute atomic E-state index is 0.0982. The van der Waals surface area contributed by atoms with E-state index in [1.165, 1.54) is 11.9 Å². The highest BCUT2D eigenvalue weighted by atomic mass is 16.2. The van der Waals surface area contributed by atoms with Crippen LogP contribution in [0.4, 0.5) is 10.5 Å². The lowest BCUT2D eigenvalue weighted by molar-refractivity contribution is -0.123. The number of imide groups is 1. The highest BCUT2D eigenvalue weighted by molar-refractivity contribution is 6.11. The summed E-state index contributed by atoms with van der Waals surface area (Å²) in [5, 5.41) is 3.94. The molecule has 0 aliphatic carbocycles. The zero-order chi connectivity index (χ0) is 12.3. The molecule has 0 N–H and O–H groups in total. The minimum atomic E-state index is -0.303. The van der Waals surface area contributed by atoms with E-state index in [1.807, 2.05) is 13.8 Å². The van der Waals surface area contributed by atoms with E-state index in [4.69, 9.17) is 0 Å². The lowest BCUT2D eigenvalue weighted by Gasteiger charge is -2.11. The number of urea groups is 1. The number of hydrogen-bond donors (Lipinski definition) is 0. The van der Waals surface area contributed by atoms with Crippen LogP contribution in [0, 0.1) is 0 Å². The van der Waals surface area contributed by atoms with Gasteiger partial charge in [0.2, 0.25) is 5.91 Å². The third-order valence-electron chi connectivity index (χ3n) is 2.19. The summed E-state index contributed by atoms with van der Waals surface area (Å²) in [7, 11) is 3.23. The number of aryl methyl sites for hydroxylation is 1. The number of hydrogen-bond acceptors (Lipinski definition) is 3. The fraction of sp³-hybridized carbons (Fsp3) is 0.500. The second-order valence-corrected chi connectivity index (χ2v) is 3.19. The van der Waals surface area contributed by atoms with Crippen molar-refractivity contribution >= 4 is 17.6 Å². The van der Waals surface area contributed by atoms with Gasteiger partial charge >= 0.3 is 6.03 Å². The molecule has 3 amide bonds. The van der Waals surface area contributed by atoms with Crippen molar-refractivity contribution in [1.29, 1.82) is 0 Å². The number of amides is 3. The van der Waals surface area contributed by atoms with Crippen molar-refractivity contribution in [2.24, 2.45) is 7.05 Å². The van der Waals surface area contributed by atoms with Crippen LogP contribution < -0.4 is 4.90 Å². The number of aromatic nitrogens is 2. The molecule has 0 bridgehead atoms. The summed E-state index contributed by atoms with van der Waals surface area (Å²) >= 11 is 0. The van der Waals surface area contributed by atoms with E-state index >= 15 is 0 Å². The molecule has 2 heterocycles. The molecule has 1 saturated heterocycles. The Bertz CT molecular complexity index is 399. The van der Waals surface area contributed by atoms with E-state index in [-0.39, 0.29) is 18.5 Å². The van der Waals surface area contributed by atoms with E-state index in [1.54, 1.807) is 24.1 Å². The third kappa shape index (κ3) is 2.05. The summed E-state index contributed by atoms with van der Waals surface area (Å²) in [6.07, 6.45) is 3.26. The molecule has 0 aromatic carbocycles. The molecule has 1 aliphatic heterocycles. The van der Waals surface area contributed by atoms with Crippen LogP contribution in [0.25, 0.3) is 0 Å². The Kier molecular flexibility index (Phi) is 3.65. The molecular formula is C10H16N4O2. The van der Waals surface area contributed by atoms with Crippen LogP contribution in [-0.4, -0.2) is 40.2 Å². The molecule has 1 aromatic rings. The predicted molar refractivity (Wildman–Crippen MR) is 60.1 cm³/mol. The van der Waals surface area contributed by atoms with Crippen LogP contribution in [0.15, 0.2) is 12.4 Å². The molecule has 88 valence electrons. The van der Waals surface area contributed by atoms with Crippen LogP contribution >= 0.6 is 0 Å². The van der Waals surface area contributed by atoms with Gasteiger partial charge in [-0.1, -0.05) is 13.8 Å². The Morgan fingerprint density at radius 2 is 1.88 bits per heavy atom. The molecule has 1 aromatic heterocycles. The first kappa shape index (κ1) is 12.2. The summed E-state index contributed by atoms with van der Waals surface area (Å²) in [6, 6.07) is -0.303. The van der Waals surface area contributed by atoms with Crippen molar-refractivity contribution in [1.82, 2.24) is 14.7 Å². The van der Waals surface area contributed by atoms with E-state index in [9.17, 15) is 9.59 Å². The zero-order valence-corrected chi connectivity index (χ0v) is 9.97. The number of anilines is 1. The number of nitrogens with zero attached hydrogens (tertiary/aromatic N) is 4. The van der Waals surface area contributed by atoms with Crippen molar-refractivity contribution < 1.29 is 9.59 Å². The van der Waals surface area contributed by atoms with Crippen LogP contribution in [-0.2, 0) is 11.8 Å². The summed E-state index contributed by atoms with van der Waals surface area (Å²) in [6.45, 7) is 4.10. The topological polar surface area (TPSA) is 58.4 Å². The SMILES string of the molecule is CC.CN1C(=O)CN(c2cnn(C)c2)C1=O. The molecule has 1 aliphatic rings. The molecule has 2 rings (SSSR count). The Morgan fingerprint density at radius 1 is 1.25 bits per heavy atom. The second kappa shape index (κ2) is 4.78. The summed E-state index contributed by atoms with van der Waals surface area (Å²) in [5.74, 6) is -0.196. The normalized spacial score (nSPS) is 15.2. The predicted octanol–water partition coefficient (Wildman–Crippen LogP) is 0.845. The average Bonchev–Trinajstić information content (AvgIpc) is 2.81. The number of carbonyl (C=O) groups is 2. The van der Waals surface area contributed by atoms with E-state index < -0.39 is 0 Å². The quantitative estimate of drug-likeness (QED) is 0.664. The fourth-order valence-corrected chi connectivity index (χ4v) is 1.35. The molecule has 0 saturated carbocycles. The van der Waals surface area contributed by atoms with Gasteiger partial charge in [0.1, 0.15) is 6.54 Å². The lowest BCUT2D eigenvalue weighted by Crippen LogP contribution is -2.29. The highest BCUT2D eigenvalue weighted by Crippen LogP contribution is 2.18. The van der Waals surface area contributed by atoms with Gasteiger partial charge in [-0.05, 0) is 0 Å². The highest BCUT2D eigenvalue weighted by Gasteiger charge is 2.34. The van der Waals surface area contributed by atoms with Crippen LogP contribution in [0.3, 0.4) is 0 Å². The Hall–Kier alpha value is -1.85. The Morgan fingerprint density at radius 3 is 2.25 bits per heavy atom. The fourth-order valence-electron chi connectivity index (χ4n) is 1.35. The first-order valence-electron chi connectivity index (χ1n) is 5.16. The largest absolute Gasteiger partial charge is 0.331 e. The summed E-state index contributed by atoms with van der Waals surface area (Å²) < 4.78 is 1.59. The molecule has 1 fully saturated rings. The van der Waals surface area contributed by atoms with E-state index in [0.717, 1.165) is 4.90 Å². The van der Waals surface area contributed by atoms with Gasteiger partial charge in [-0.2, -0.15) is 5.10 Å². The molecule has 0 radical (unpaired) electrons. The maximum atomic E-state index is 11.5. The second-order valence-electron chi connectivity index (χ2n) is 3.19. The van der Waals surface area contributed by atoms with E-state index in [2.05, 4.69) is 5.10 Å². The van der Waals surface area contributed by atoms with Crippen molar-refractivity contribution in [3.63, 3.8) is 0 Å². The monoisotopic (exact) mass is 224 g/mol. The zero-order valence-electron chi connectivity index (χ0n) is 9.97. The molecule has 6 nitrogen and oxygen atoms in total. The number of carbonyl (C=O) groups excluding carboxylic acids is 2. The molecule has 6 heteroatoms. The molecular weight excluding hydrogens is 208 g/mol. The van der Waals surface area contributed by atoms with Gasteiger partial charge in [0.15, 0.2) is 0 Å². The van der Waals surface area contributed by atoms with E-state index in [0.29, 0.717) is 5.69 Å². The van der Waals surface area contributed by atoms with Gasteiger partial charge in [-0.3, -0.25) is 19.3 Å². The summed E-state index contributed by atoms with van der Waals surface area (Å²) in [5.41, 5.74) is 0.648. The number of likely N-dealkylation sites (N-methyl/N-ethyl adjacent to an activating group) is 1. The molecule has 0 unspecified atom stereocenters. The van der Waals surface area contributed by atoms with Gasteiger partial charge in [0, 0.05) is 20.3 Å². The van der Waals surface area contributed by atoms with Crippen molar-refractivity contribution in [3.8, 4) is 0 Å². The van der Waals surface area contributed by atoms with Gasteiger partial charge in [0.05, 0.1) is 11.9 Å². The van der Waals surface area contributed by atoms with Gasteiger partial charge in [-0.25, -0.2) is 4.79 Å². The van der Waals surface area contributed by atoms with Gasteiger partial charge in [0.25, 0.3) is 0 Å². The smallest absolute Gasteiger partial charge is 0.281 e. The van der Waals surface area contributed by atoms with Crippen LogP contribution in [0.1, 0.15) is 13.8 Å². The standard InChI is InChI=1S/C8H10N4O2.C2H6/c1-10-4-6(3-9-10)12-5-7(13)11(2)8(12)14;1-2/h3-4H,5H2,1-2H3;1-2H3. The summed E-state index contributed by atoms with van der Waals surface area (Å²) in [4.78, 5) is 25.2. The van der Waals surface area contributed by atoms with Crippen LogP contribution in [0.5, 0.6) is 0 Å². The van der Waals surface area contributed by atoms with Crippen molar-refractivity contribution in [3.05, 3.63) is 12.4 Å². The van der Waals surface area contributed by atoms with Crippen molar-refractivity contribution in [2.45, 2.75) is 13.8 Å². The van der Waals surface area contributed by atoms with Crippen molar-refractivity contribution in [2.75, 3.05) is 18.5 Å². The Balaban J connectivity index is 0.000000606. The van der Waals surface area contributed by atoms with Crippen LogP contribution in [0.2, 0.25) is 0 Å². The number of rotatable bonds is 1. The minimum Gasteiger partial charge on any atom is -0.281 e. The lowest BCUT2D eigenvalue weighted by atomic mass is 10.5. The first-order chi connectivity index (χ1) is 7.59. The molecule has 16 heavy (non-hydrogen) atoms. The average molecular weight is 224 g/mol. The molecule has 0 atom stereocenters. The molecule has 0 spiro atoms. The van der Waals surface area contributed by atoms with Gasteiger partial charge < -0.3 is 0 Å². The van der Waals surface area contributed by atoms with Gasteiger partial charge in [-0.15, -0.1) is 0 Å². The Labute approximate surface area is 94.4 Å².